The zero-order valence-electron chi connectivity index (χ0n) is 18.2. The molecule has 0 aliphatic rings. The quantitative estimate of drug-likeness (QED) is 0.355. The van der Waals surface area contributed by atoms with Crippen LogP contribution in [-0.4, -0.2) is 26.4 Å². The molecule has 0 aliphatic heterocycles. The maximum absolute atomic E-state index is 12.4. The van der Waals surface area contributed by atoms with Crippen molar-refractivity contribution in [1.82, 2.24) is 20.1 Å². The minimum Gasteiger partial charge on any atom is -0.467 e. The Morgan fingerprint density at radius 3 is 2.69 bits per heavy atom. The number of carbonyl (C=O) groups is 1. The van der Waals surface area contributed by atoms with Gasteiger partial charge in [-0.1, -0.05) is 65.9 Å². The van der Waals surface area contributed by atoms with E-state index in [-0.39, 0.29) is 11.9 Å². The van der Waals surface area contributed by atoms with Crippen molar-refractivity contribution in [3.8, 4) is 11.4 Å². The first kappa shape index (κ1) is 21.9. The molecule has 32 heavy (non-hydrogen) atoms. The lowest BCUT2D eigenvalue weighted by Crippen LogP contribution is -2.26. The lowest BCUT2D eigenvalue weighted by atomic mass is 10.1. The first-order valence-electron chi connectivity index (χ1n) is 10.6. The predicted molar refractivity (Wildman–Crippen MR) is 126 cm³/mol. The van der Waals surface area contributed by atoms with Gasteiger partial charge in [0.25, 0.3) is 0 Å². The van der Waals surface area contributed by atoms with E-state index in [1.807, 2.05) is 66.1 Å². The molecule has 164 valence electrons. The molecular weight excluding hydrogens is 420 g/mol. The van der Waals surface area contributed by atoms with Gasteiger partial charge in [0.2, 0.25) is 5.91 Å². The van der Waals surface area contributed by atoms with Crippen LogP contribution in [0.25, 0.3) is 11.4 Å². The molecule has 0 saturated heterocycles. The Morgan fingerprint density at radius 2 is 1.94 bits per heavy atom. The lowest BCUT2D eigenvalue weighted by Gasteiger charge is -2.14. The first-order chi connectivity index (χ1) is 15.6. The van der Waals surface area contributed by atoms with Gasteiger partial charge in [-0.2, -0.15) is 0 Å². The minimum absolute atomic E-state index is 0.0184. The van der Waals surface area contributed by atoms with Crippen LogP contribution in [0.3, 0.4) is 0 Å². The van der Waals surface area contributed by atoms with Crippen LogP contribution < -0.4 is 5.32 Å². The topological polar surface area (TPSA) is 73.0 Å². The van der Waals surface area contributed by atoms with Gasteiger partial charge in [-0.05, 0) is 37.6 Å². The molecule has 0 radical (unpaired) electrons. The van der Waals surface area contributed by atoms with Gasteiger partial charge in [0.05, 0.1) is 18.8 Å². The lowest BCUT2D eigenvalue weighted by molar-refractivity contribution is -0.121. The molecule has 1 atom stereocenters. The van der Waals surface area contributed by atoms with Crippen molar-refractivity contribution in [2.45, 2.75) is 38.0 Å². The Kier molecular flexibility index (Phi) is 7.07. The predicted octanol–water partition coefficient (Wildman–Crippen LogP) is 5.25. The molecule has 1 unspecified atom stereocenters. The van der Waals surface area contributed by atoms with E-state index >= 15 is 0 Å². The summed E-state index contributed by atoms with van der Waals surface area (Å²) in [6, 6.07) is 21.9. The fourth-order valence-corrected chi connectivity index (χ4v) is 4.34. The van der Waals surface area contributed by atoms with Crippen molar-refractivity contribution in [3.63, 3.8) is 0 Å². The molecule has 4 rings (SSSR count). The number of amides is 1. The fraction of sp³-hybridized carbons (Fsp3) is 0.240. The number of nitrogens with one attached hydrogen (secondary N) is 1. The number of rotatable bonds is 9. The van der Waals surface area contributed by atoms with Crippen LogP contribution in [0.5, 0.6) is 0 Å². The Bertz CT molecular complexity index is 1160. The number of carbonyl (C=O) groups excluding carboxylic acids is 1. The largest absolute Gasteiger partial charge is 0.467 e. The molecule has 4 aromatic rings. The van der Waals surface area contributed by atoms with Crippen molar-refractivity contribution >= 4 is 17.7 Å². The van der Waals surface area contributed by atoms with Crippen LogP contribution in [0.15, 0.2) is 82.6 Å². The number of aryl methyl sites for hydroxylation is 1. The summed E-state index contributed by atoms with van der Waals surface area (Å²) >= 11 is 1.53. The number of nitrogens with zero attached hydrogens (tertiary/aromatic N) is 3. The van der Waals surface area contributed by atoms with Crippen LogP contribution in [0.4, 0.5) is 0 Å². The van der Waals surface area contributed by atoms with E-state index < -0.39 is 0 Å². The fourth-order valence-electron chi connectivity index (χ4n) is 3.47. The molecule has 2 heterocycles. The second-order valence-corrected chi connectivity index (χ2v) is 8.70. The number of thioether (sulfide) groups is 1. The van der Waals surface area contributed by atoms with E-state index in [1.54, 1.807) is 6.26 Å². The Labute approximate surface area is 192 Å². The maximum atomic E-state index is 12.4. The standard InChI is InChI=1S/C25H26N4O2S/c1-18-8-6-11-21(16-18)24-27-28-25(29(24)17-22-12-7-14-31-22)32-15-13-23(30)26-19(2)20-9-4-3-5-10-20/h3-12,14,16,19H,13,15,17H2,1-2H3,(H,26,30). The first-order valence-corrected chi connectivity index (χ1v) is 11.6. The maximum Gasteiger partial charge on any atom is 0.221 e. The van der Waals surface area contributed by atoms with E-state index in [2.05, 4.69) is 34.6 Å². The minimum atomic E-state index is -0.0239. The summed E-state index contributed by atoms with van der Waals surface area (Å²) in [5.41, 5.74) is 3.26. The summed E-state index contributed by atoms with van der Waals surface area (Å²) in [4.78, 5) is 12.4. The van der Waals surface area contributed by atoms with Crippen LogP contribution in [0, 0.1) is 6.92 Å². The molecular formula is C25H26N4O2S. The highest BCUT2D eigenvalue weighted by atomic mass is 32.2. The van der Waals surface area contributed by atoms with Crippen LogP contribution >= 0.6 is 11.8 Å². The molecule has 2 aromatic heterocycles. The number of hydrogen-bond acceptors (Lipinski definition) is 5. The van der Waals surface area contributed by atoms with Crippen molar-refractivity contribution in [1.29, 1.82) is 0 Å². The third-order valence-electron chi connectivity index (χ3n) is 5.12. The Morgan fingerprint density at radius 1 is 1.09 bits per heavy atom. The van der Waals surface area contributed by atoms with Gasteiger partial charge < -0.3 is 9.73 Å². The van der Waals surface area contributed by atoms with E-state index in [0.29, 0.717) is 18.7 Å². The smallest absolute Gasteiger partial charge is 0.221 e. The summed E-state index contributed by atoms with van der Waals surface area (Å²) in [7, 11) is 0. The van der Waals surface area contributed by atoms with Crippen molar-refractivity contribution in [2.24, 2.45) is 0 Å². The second kappa shape index (κ2) is 10.3. The highest BCUT2D eigenvalue weighted by Gasteiger charge is 2.17. The highest BCUT2D eigenvalue weighted by molar-refractivity contribution is 7.99. The van der Waals surface area contributed by atoms with Gasteiger partial charge in [0.15, 0.2) is 11.0 Å². The average Bonchev–Trinajstić information content (AvgIpc) is 3.45. The SMILES string of the molecule is Cc1cccc(-c2nnc(SCCC(=O)NC(C)c3ccccc3)n2Cc2ccco2)c1. The van der Waals surface area contributed by atoms with E-state index in [9.17, 15) is 4.79 Å². The summed E-state index contributed by atoms with van der Waals surface area (Å²) in [6.07, 6.45) is 2.06. The number of hydrogen-bond donors (Lipinski definition) is 1. The molecule has 2 aromatic carbocycles. The Hall–Kier alpha value is -3.32. The van der Waals surface area contributed by atoms with Crippen LogP contribution in [0.1, 0.15) is 36.3 Å². The molecule has 0 saturated carbocycles. The number of benzene rings is 2. The number of furan rings is 1. The van der Waals surface area contributed by atoms with Crippen molar-refractivity contribution in [3.05, 3.63) is 89.9 Å². The molecule has 0 aliphatic carbocycles. The van der Waals surface area contributed by atoms with Gasteiger partial charge in [0.1, 0.15) is 5.76 Å². The summed E-state index contributed by atoms with van der Waals surface area (Å²) < 4.78 is 7.60. The van der Waals surface area contributed by atoms with E-state index in [4.69, 9.17) is 4.42 Å². The summed E-state index contributed by atoms with van der Waals surface area (Å²) in [5.74, 6) is 2.24. The monoisotopic (exact) mass is 446 g/mol. The number of aromatic nitrogens is 3. The van der Waals surface area contributed by atoms with Crippen molar-refractivity contribution in [2.75, 3.05) is 5.75 Å². The molecule has 0 bridgehead atoms. The highest BCUT2D eigenvalue weighted by Crippen LogP contribution is 2.26. The van der Waals surface area contributed by atoms with Crippen molar-refractivity contribution < 1.29 is 9.21 Å². The average molecular weight is 447 g/mol. The van der Waals surface area contributed by atoms with Gasteiger partial charge >= 0.3 is 0 Å². The zero-order valence-corrected chi connectivity index (χ0v) is 19.0. The molecule has 6 nitrogen and oxygen atoms in total. The summed E-state index contributed by atoms with van der Waals surface area (Å²) in [5, 5.41) is 12.7. The Balaban J connectivity index is 1.43. The molecule has 1 amide bonds. The van der Waals surface area contributed by atoms with Crippen LogP contribution in [-0.2, 0) is 11.3 Å². The third kappa shape index (κ3) is 5.48. The second-order valence-electron chi connectivity index (χ2n) is 7.64. The van der Waals surface area contributed by atoms with Crippen LogP contribution in [0.2, 0.25) is 0 Å². The van der Waals surface area contributed by atoms with Gasteiger partial charge in [-0.15, -0.1) is 10.2 Å². The van der Waals surface area contributed by atoms with E-state index in [1.165, 1.54) is 11.8 Å². The molecule has 7 heteroatoms. The molecule has 0 spiro atoms. The van der Waals surface area contributed by atoms with Gasteiger partial charge in [0, 0.05) is 17.7 Å². The molecule has 1 N–H and O–H groups in total. The normalized spacial score (nSPS) is 11.9. The van der Waals surface area contributed by atoms with E-state index in [0.717, 1.165) is 33.4 Å². The van der Waals surface area contributed by atoms with Gasteiger partial charge in [-0.3, -0.25) is 9.36 Å². The van der Waals surface area contributed by atoms with Gasteiger partial charge in [-0.25, -0.2) is 0 Å². The summed E-state index contributed by atoms with van der Waals surface area (Å²) in [6.45, 7) is 4.58. The molecule has 0 fully saturated rings. The zero-order chi connectivity index (χ0) is 22.3. The third-order valence-corrected chi connectivity index (χ3v) is 6.09.